The van der Waals surface area contributed by atoms with Gasteiger partial charge in [0.05, 0.1) is 46.0 Å². The number of methoxy groups -OCH3 is 2. The lowest BCUT2D eigenvalue weighted by Gasteiger charge is -2.39. The summed E-state index contributed by atoms with van der Waals surface area (Å²) in [6, 6.07) is 25.9. The van der Waals surface area contributed by atoms with Crippen LogP contribution >= 0.6 is 7.91 Å². The highest BCUT2D eigenvalue weighted by Crippen LogP contribution is 2.51. The van der Waals surface area contributed by atoms with Gasteiger partial charge in [-0.1, -0.05) is 54.6 Å². The van der Waals surface area contributed by atoms with Crippen LogP contribution in [0.2, 0.25) is 0 Å². The maximum Gasteiger partial charge on any atom is 0.513 e. The van der Waals surface area contributed by atoms with Gasteiger partial charge >= 0.3 is 13.6 Å². The topological polar surface area (TPSA) is 151 Å². The number of hydrogen-bond acceptors (Lipinski definition) is 10. The zero-order valence-electron chi connectivity index (χ0n) is 26.5. The maximum atomic E-state index is 14.8. The van der Waals surface area contributed by atoms with E-state index in [-0.39, 0.29) is 18.4 Å². The van der Waals surface area contributed by atoms with Gasteiger partial charge in [0.15, 0.2) is 0 Å². The largest absolute Gasteiger partial charge is 0.513 e. The molecule has 1 aliphatic rings. The lowest BCUT2D eigenvalue weighted by atomic mass is 9.79. The molecule has 252 valence electrons. The number of hydrogen-bond donors (Lipinski definition) is 1. The second-order valence-electron chi connectivity index (χ2n) is 11.0. The summed E-state index contributed by atoms with van der Waals surface area (Å²) in [7, 11) is -1.96. The van der Waals surface area contributed by atoms with Crippen molar-refractivity contribution in [2.45, 2.75) is 43.8 Å². The molecule has 14 heteroatoms. The Labute approximate surface area is 276 Å². The van der Waals surface area contributed by atoms with Crippen LogP contribution in [-0.2, 0) is 28.7 Å². The van der Waals surface area contributed by atoms with E-state index in [4.69, 9.17) is 33.3 Å². The van der Waals surface area contributed by atoms with Crippen molar-refractivity contribution in [3.8, 4) is 17.6 Å². The van der Waals surface area contributed by atoms with Gasteiger partial charge in [0, 0.05) is 18.2 Å². The van der Waals surface area contributed by atoms with Crippen molar-refractivity contribution in [2.24, 2.45) is 0 Å². The predicted molar refractivity (Wildman–Crippen MR) is 173 cm³/mol. The number of ether oxygens (including phenoxy) is 4. The van der Waals surface area contributed by atoms with Gasteiger partial charge in [-0.15, -0.1) is 4.20 Å². The summed E-state index contributed by atoms with van der Waals surface area (Å²) in [6.45, 7) is 0.523. The number of H-pyrrole nitrogens is 1. The van der Waals surface area contributed by atoms with Gasteiger partial charge in [-0.2, -0.15) is 5.26 Å². The first-order valence-electron chi connectivity index (χ1n) is 15.1. The van der Waals surface area contributed by atoms with Crippen LogP contribution in [-0.4, -0.2) is 49.2 Å². The Hall–Kier alpha value is -4.57. The first-order chi connectivity index (χ1) is 23.1. The molecule has 12 nitrogen and oxygen atoms in total. The molecule has 1 saturated heterocycles. The zero-order chi connectivity index (χ0) is 34.3. The van der Waals surface area contributed by atoms with Crippen LogP contribution in [0.5, 0.6) is 11.5 Å². The molecule has 1 N–H and O–H groups in total. The van der Waals surface area contributed by atoms with E-state index in [0.717, 1.165) is 5.56 Å². The molecular formula is C34H35FN3O9P. The van der Waals surface area contributed by atoms with Crippen molar-refractivity contribution in [3.05, 3.63) is 128 Å². The van der Waals surface area contributed by atoms with E-state index in [0.29, 0.717) is 22.6 Å². The van der Waals surface area contributed by atoms with Crippen molar-refractivity contribution in [1.29, 1.82) is 5.26 Å². The molecule has 4 aromatic rings. The molecule has 1 aliphatic heterocycles. The molecular weight excluding hydrogens is 644 g/mol. The molecule has 0 amide bonds. The summed E-state index contributed by atoms with van der Waals surface area (Å²) < 4.78 is 62.6. The van der Waals surface area contributed by atoms with E-state index < -0.39 is 56.4 Å². The number of aryl methyl sites for hydroxylation is 1. The van der Waals surface area contributed by atoms with E-state index >= 15 is 0 Å². The summed E-state index contributed by atoms with van der Waals surface area (Å²) in [6.07, 6.45) is -1.76. The summed E-state index contributed by atoms with van der Waals surface area (Å²) in [5, 5.41) is 8.76. The fourth-order valence-corrected chi connectivity index (χ4v) is 6.31. The van der Waals surface area contributed by atoms with Gasteiger partial charge in [0.2, 0.25) is 0 Å². The Morgan fingerprint density at radius 1 is 0.958 bits per heavy atom. The third-order valence-corrected chi connectivity index (χ3v) is 8.94. The minimum absolute atomic E-state index is 0.0478. The summed E-state index contributed by atoms with van der Waals surface area (Å²) >= 11 is 0. The van der Waals surface area contributed by atoms with Crippen LogP contribution in [0.15, 0.2) is 94.6 Å². The fraction of sp³-hybridized carbons (Fsp3) is 0.324. The van der Waals surface area contributed by atoms with Gasteiger partial charge in [0.25, 0.3) is 5.56 Å². The molecule has 0 spiro atoms. The normalized spacial score (nSPS) is 18.9. The van der Waals surface area contributed by atoms with Crippen molar-refractivity contribution in [2.75, 3.05) is 27.4 Å². The lowest BCUT2D eigenvalue weighted by molar-refractivity contribution is -0.0983. The molecule has 4 atom stereocenters. The first-order valence-corrected chi connectivity index (χ1v) is 16.5. The van der Waals surface area contributed by atoms with Crippen molar-refractivity contribution >= 4 is 7.91 Å². The van der Waals surface area contributed by atoms with Gasteiger partial charge in [-0.3, -0.25) is 23.4 Å². The molecule has 0 bridgehead atoms. The van der Waals surface area contributed by atoms with E-state index in [1.807, 2.05) is 54.6 Å². The number of halogens is 1. The third kappa shape index (κ3) is 7.59. The number of nitrogens with one attached hydrogen (secondary N) is 1. The minimum Gasteiger partial charge on any atom is -0.497 e. The monoisotopic (exact) mass is 679 g/mol. The summed E-state index contributed by atoms with van der Waals surface area (Å²) in [5.74, 6) is 1.24. The van der Waals surface area contributed by atoms with Crippen LogP contribution in [0.1, 0.15) is 41.3 Å². The molecule has 0 saturated carbocycles. The Balaban J connectivity index is 1.63. The Morgan fingerprint density at radius 3 is 2.10 bits per heavy atom. The molecule has 2 heterocycles. The highest BCUT2D eigenvalue weighted by Gasteiger charge is 2.47. The SMILES string of the molecule is COc1ccc(C(O[C@H]2C[C@H](n3cc(C)c(=O)[nH]c3=O)O[C@@H]2COP(=O)(F)OCCC#N)(c2ccccc2)c2ccc(OC)cc2)cc1. The minimum atomic E-state index is -5.09. The number of aromatic nitrogens is 2. The predicted octanol–water partition coefficient (Wildman–Crippen LogP) is 5.55. The third-order valence-electron chi connectivity index (χ3n) is 7.99. The number of nitriles is 1. The highest BCUT2D eigenvalue weighted by atomic mass is 31.2. The van der Waals surface area contributed by atoms with Crippen LogP contribution in [0, 0.1) is 18.3 Å². The number of rotatable bonds is 14. The van der Waals surface area contributed by atoms with E-state index in [1.54, 1.807) is 51.5 Å². The standard InChI is InChI=1S/C34H35FN3O9P/c1-23-21-38(33(40)37-32(23)39)31-20-29(30(46-31)22-45-48(35,41)44-19-7-18-36)47-34(24-8-5-4-6-9-24,25-10-14-27(42-2)15-11-25)26-12-16-28(43-3)17-13-26/h4-6,8-17,21,29-31H,7,19-20,22H2,1-3H3,(H,37,39,40)/t29-,30+,31+,48?/m0/s1. The van der Waals surface area contributed by atoms with Gasteiger partial charge in [-0.25, -0.2) is 9.36 Å². The zero-order valence-corrected chi connectivity index (χ0v) is 27.4. The molecule has 1 unspecified atom stereocenters. The summed E-state index contributed by atoms with van der Waals surface area (Å²) in [5.41, 5.74) is -0.175. The average molecular weight is 680 g/mol. The average Bonchev–Trinajstić information content (AvgIpc) is 3.50. The maximum absolute atomic E-state index is 14.8. The molecule has 1 fully saturated rings. The Morgan fingerprint density at radius 2 is 1.54 bits per heavy atom. The Bertz CT molecular complexity index is 1850. The van der Waals surface area contributed by atoms with Crippen LogP contribution in [0.25, 0.3) is 0 Å². The molecule has 3 aromatic carbocycles. The van der Waals surface area contributed by atoms with E-state index in [9.17, 15) is 18.4 Å². The van der Waals surface area contributed by atoms with Crippen LogP contribution in [0.3, 0.4) is 0 Å². The van der Waals surface area contributed by atoms with Crippen molar-refractivity contribution in [1.82, 2.24) is 9.55 Å². The van der Waals surface area contributed by atoms with Gasteiger partial charge < -0.3 is 18.9 Å². The molecule has 48 heavy (non-hydrogen) atoms. The van der Waals surface area contributed by atoms with Crippen LogP contribution in [0.4, 0.5) is 4.20 Å². The lowest BCUT2D eigenvalue weighted by Crippen LogP contribution is -2.41. The number of benzene rings is 3. The van der Waals surface area contributed by atoms with Crippen molar-refractivity contribution < 1.29 is 36.8 Å². The Kier molecular flexibility index (Phi) is 10.9. The van der Waals surface area contributed by atoms with Gasteiger partial charge in [0.1, 0.15) is 29.4 Å². The summed E-state index contributed by atoms with van der Waals surface area (Å²) in [4.78, 5) is 27.3. The molecule has 0 aliphatic carbocycles. The molecule has 0 radical (unpaired) electrons. The second kappa shape index (κ2) is 15.1. The molecule has 5 rings (SSSR count). The van der Waals surface area contributed by atoms with E-state index in [2.05, 4.69) is 4.98 Å². The fourth-order valence-electron chi connectivity index (χ4n) is 5.60. The first kappa shape index (κ1) is 34.8. The van der Waals surface area contributed by atoms with Crippen molar-refractivity contribution in [3.63, 3.8) is 0 Å². The van der Waals surface area contributed by atoms with Gasteiger partial charge in [-0.05, 0) is 47.9 Å². The number of nitrogens with zero attached hydrogens (tertiary/aromatic N) is 2. The van der Waals surface area contributed by atoms with E-state index in [1.165, 1.54) is 10.8 Å². The smallest absolute Gasteiger partial charge is 0.497 e. The highest BCUT2D eigenvalue weighted by molar-refractivity contribution is 7.48. The number of aromatic amines is 1. The van der Waals surface area contributed by atoms with Crippen LogP contribution < -0.4 is 20.7 Å². The second-order valence-corrected chi connectivity index (χ2v) is 12.3. The quantitative estimate of drug-likeness (QED) is 0.102. The molecule has 1 aromatic heterocycles.